The Morgan fingerprint density at radius 2 is 2.38 bits per heavy atom. The van der Waals surface area contributed by atoms with Crippen LogP contribution in [0.3, 0.4) is 0 Å². The quantitative estimate of drug-likeness (QED) is 0.440. The average Bonchev–Trinajstić information content (AvgIpc) is 2.28. The summed E-state index contributed by atoms with van der Waals surface area (Å²) in [6, 6.07) is 1.96. The Bertz CT molecular complexity index is 390. The van der Waals surface area contributed by atoms with Gasteiger partial charge in [-0.2, -0.15) is 0 Å². The van der Waals surface area contributed by atoms with Gasteiger partial charge in [-0.25, -0.2) is 0 Å². The lowest BCUT2D eigenvalue weighted by Crippen LogP contribution is -2.33. The van der Waals surface area contributed by atoms with Crippen LogP contribution < -0.4 is 5.73 Å². The molecule has 16 heavy (non-hydrogen) atoms. The highest BCUT2D eigenvalue weighted by Gasteiger charge is 2.15. The number of rotatable bonds is 4. The van der Waals surface area contributed by atoms with E-state index in [1.165, 1.54) is 19.2 Å². The van der Waals surface area contributed by atoms with Crippen molar-refractivity contribution in [3.8, 4) is 0 Å². The minimum atomic E-state index is -0.807. The average molecular weight is 225 g/mol. The van der Waals surface area contributed by atoms with E-state index < -0.39 is 16.9 Å². The third-order valence-corrected chi connectivity index (χ3v) is 1.95. The number of carbonyl (C=O) groups excluding carboxylic acids is 1. The largest absolute Gasteiger partial charge is 0.468 e. The van der Waals surface area contributed by atoms with E-state index in [9.17, 15) is 14.9 Å². The molecule has 1 rings (SSSR count). The van der Waals surface area contributed by atoms with Gasteiger partial charge in [0.15, 0.2) is 0 Å². The predicted molar refractivity (Wildman–Crippen MR) is 54.6 cm³/mol. The van der Waals surface area contributed by atoms with E-state index in [-0.39, 0.29) is 12.1 Å². The van der Waals surface area contributed by atoms with Crippen LogP contribution in [0, 0.1) is 10.1 Å². The highest BCUT2D eigenvalue weighted by atomic mass is 16.6. The van der Waals surface area contributed by atoms with Crippen molar-refractivity contribution in [1.29, 1.82) is 0 Å². The Kier molecular flexibility index (Phi) is 3.90. The number of carbonyl (C=O) groups is 1. The van der Waals surface area contributed by atoms with Crippen LogP contribution in [0.15, 0.2) is 18.3 Å². The minimum absolute atomic E-state index is 0.101. The first-order valence-electron chi connectivity index (χ1n) is 4.47. The molecule has 0 saturated carbocycles. The van der Waals surface area contributed by atoms with Crippen molar-refractivity contribution >= 4 is 11.7 Å². The standard InChI is InChI=1S/C9H11N3O4/c1-16-9(13)8(10)4-6-2-3-7(5-11-6)12(14)15/h2-3,5,8H,4,10H2,1H3/t8-/m1/s1. The molecule has 1 aromatic rings. The molecule has 0 aromatic carbocycles. The minimum Gasteiger partial charge on any atom is -0.468 e. The van der Waals surface area contributed by atoms with Gasteiger partial charge in [0.25, 0.3) is 5.69 Å². The highest BCUT2D eigenvalue weighted by molar-refractivity contribution is 5.75. The predicted octanol–water partition coefficient (Wildman–Crippen LogP) is 0.0326. The van der Waals surface area contributed by atoms with E-state index >= 15 is 0 Å². The van der Waals surface area contributed by atoms with Crippen LogP contribution in [-0.2, 0) is 16.0 Å². The second-order valence-corrected chi connectivity index (χ2v) is 3.10. The van der Waals surface area contributed by atoms with E-state index in [2.05, 4.69) is 9.72 Å². The molecular formula is C9H11N3O4. The molecule has 0 aliphatic rings. The number of ether oxygens (including phenoxy) is 1. The first-order chi connectivity index (χ1) is 7.54. The maximum Gasteiger partial charge on any atom is 0.323 e. The zero-order valence-electron chi connectivity index (χ0n) is 8.62. The summed E-state index contributed by atoms with van der Waals surface area (Å²) in [4.78, 5) is 24.6. The molecule has 0 unspecified atom stereocenters. The number of nitro groups is 1. The van der Waals surface area contributed by atoms with Crippen LogP contribution in [0.1, 0.15) is 5.69 Å². The molecule has 86 valence electrons. The molecule has 0 bridgehead atoms. The zero-order valence-corrected chi connectivity index (χ0v) is 8.62. The van der Waals surface area contributed by atoms with Crippen molar-refractivity contribution in [2.45, 2.75) is 12.5 Å². The fraction of sp³-hybridized carbons (Fsp3) is 0.333. The van der Waals surface area contributed by atoms with Gasteiger partial charge in [0, 0.05) is 18.2 Å². The molecule has 0 aliphatic heterocycles. The van der Waals surface area contributed by atoms with Gasteiger partial charge in [-0.1, -0.05) is 0 Å². The van der Waals surface area contributed by atoms with Crippen LogP contribution in [-0.4, -0.2) is 29.0 Å². The number of esters is 1. The Morgan fingerprint density at radius 1 is 1.69 bits per heavy atom. The second-order valence-electron chi connectivity index (χ2n) is 3.10. The van der Waals surface area contributed by atoms with Crippen molar-refractivity contribution in [2.75, 3.05) is 7.11 Å². The summed E-state index contributed by atoms with van der Waals surface area (Å²) in [5.74, 6) is -0.542. The first-order valence-corrected chi connectivity index (χ1v) is 4.47. The third-order valence-electron chi connectivity index (χ3n) is 1.95. The molecule has 1 heterocycles. The normalized spacial score (nSPS) is 11.9. The monoisotopic (exact) mass is 225 g/mol. The molecule has 0 radical (unpaired) electrons. The topological polar surface area (TPSA) is 108 Å². The summed E-state index contributed by atoms with van der Waals surface area (Å²) in [6.07, 6.45) is 1.31. The summed E-state index contributed by atoms with van der Waals surface area (Å²) in [7, 11) is 1.24. The van der Waals surface area contributed by atoms with Gasteiger partial charge in [-0.3, -0.25) is 19.9 Å². The number of aromatic nitrogens is 1. The molecule has 7 nitrogen and oxygen atoms in total. The lowest BCUT2D eigenvalue weighted by atomic mass is 10.1. The SMILES string of the molecule is COC(=O)[C@H](N)Cc1ccc([N+](=O)[O-])cn1. The number of nitrogens with two attached hydrogens (primary N) is 1. The van der Waals surface area contributed by atoms with Gasteiger partial charge in [0.1, 0.15) is 12.2 Å². The van der Waals surface area contributed by atoms with Gasteiger partial charge in [-0.15, -0.1) is 0 Å². The van der Waals surface area contributed by atoms with Gasteiger partial charge < -0.3 is 10.5 Å². The van der Waals surface area contributed by atoms with Crippen LogP contribution in [0.25, 0.3) is 0 Å². The molecule has 2 N–H and O–H groups in total. The zero-order chi connectivity index (χ0) is 12.1. The summed E-state index contributed by atoms with van der Waals surface area (Å²) >= 11 is 0. The number of methoxy groups -OCH3 is 1. The van der Waals surface area contributed by atoms with E-state index in [0.717, 1.165) is 6.20 Å². The molecule has 0 saturated heterocycles. The molecule has 0 aliphatic carbocycles. The van der Waals surface area contributed by atoms with Crippen LogP contribution in [0.2, 0.25) is 0 Å². The van der Waals surface area contributed by atoms with Crippen molar-refractivity contribution in [3.63, 3.8) is 0 Å². The Balaban J connectivity index is 2.68. The van der Waals surface area contributed by atoms with E-state index in [0.29, 0.717) is 5.69 Å². The van der Waals surface area contributed by atoms with E-state index in [1.54, 1.807) is 0 Å². The Morgan fingerprint density at radius 3 is 2.81 bits per heavy atom. The van der Waals surface area contributed by atoms with Gasteiger partial charge in [-0.05, 0) is 6.07 Å². The third kappa shape index (κ3) is 2.99. The molecule has 0 amide bonds. The van der Waals surface area contributed by atoms with Gasteiger partial charge in [0.05, 0.1) is 12.0 Å². The smallest absolute Gasteiger partial charge is 0.323 e. The number of pyridine rings is 1. The lowest BCUT2D eigenvalue weighted by molar-refractivity contribution is -0.385. The summed E-state index contributed by atoms with van der Waals surface area (Å²) in [5.41, 5.74) is 5.91. The molecule has 1 atom stereocenters. The molecule has 0 spiro atoms. The van der Waals surface area contributed by atoms with Crippen molar-refractivity contribution in [1.82, 2.24) is 4.98 Å². The van der Waals surface area contributed by atoms with E-state index in [1.807, 2.05) is 0 Å². The first kappa shape index (κ1) is 12.1. The highest BCUT2D eigenvalue weighted by Crippen LogP contribution is 2.09. The molecule has 0 fully saturated rings. The maximum absolute atomic E-state index is 11.0. The van der Waals surface area contributed by atoms with Crippen molar-refractivity contribution in [2.24, 2.45) is 5.73 Å². The van der Waals surface area contributed by atoms with Gasteiger partial charge >= 0.3 is 5.97 Å². The fourth-order valence-electron chi connectivity index (χ4n) is 1.11. The number of hydrogen-bond donors (Lipinski definition) is 1. The van der Waals surface area contributed by atoms with Crippen LogP contribution >= 0.6 is 0 Å². The Labute approximate surface area is 91.4 Å². The van der Waals surface area contributed by atoms with Crippen molar-refractivity contribution in [3.05, 3.63) is 34.1 Å². The second kappa shape index (κ2) is 5.17. The summed E-state index contributed by atoms with van der Waals surface area (Å²) in [5, 5.41) is 10.4. The molecule has 1 aromatic heterocycles. The lowest BCUT2D eigenvalue weighted by Gasteiger charge is -2.07. The number of nitrogens with zero attached hydrogens (tertiary/aromatic N) is 2. The summed E-state index contributed by atoms with van der Waals surface area (Å²) < 4.78 is 4.45. The van der Waals surface area contributed by atoms with Gasteiger partial charge in [0.2, 0.25) is 0 Å². The molecular weight excluding hydrogens is 214 g/mol. The summed E-state index contributed by atoms with van der Waals surface area (Å²) in [6.45, 7) is 0. The molecule has 7 heteroatoms. The van der Waals surface area contributed by atoms with Crippen molar-refractivity contribution < 1.29 is 14.5 Å². The number of hydrogen-bond acceptors (Lipinski definition) is 6. The van der Waals surface area contributed by atoms with E-state index in [4.69, 9.17) is 5.73 Å². The fourth-order valence-corrected chi connectivity index (χ4v) is 1.11. The maximum atomic E-state index is 11.0. The Hall–Kier alpha value is -2.02. The van der Waals surface area contributed by atoms with Crippen LogP contribution in [0.4, 0.5) is 5.69 Å². The van der Waals surface area contributed by atoms with Crippen LogP contribution in [0.5, 0.6) is 0 Å².